The molecule has 1 heterocycles. The van der Waals surface area contributed by atoms with Gasteiger partial charge >= 0.3 is 0 Å². The molecular formula is C46H69N3O3. The minimum absolute atomic E-state index is 0.0684. The molecule has 0 bridgehead atoms. The molecule has 0 spiro atoms. The minimum atomic E-state index is 0.0684. The zero-order valence-corrected chi connectivity index (χ0v) is 33.7. The van der Waals surface area contributed by atoms with Crippen molar-refractivity contribution in [1.29, 1.82) is 0 Å². The highest BCUT2D eigenvalue weighted by Crippen LogP contribution is 2.76. The van der Waals surface area contributed by atoms with Crippen molar-refractivity contribution >= 4 is 18.0 Å². The van der Waals surface area contributed by atoms with E-state index in [-0.39, 0.29) is 16.4 Å². The third-order valence-electron chi connectivity index (χ3n) is 17.1. The van der Waals surface area contributed by atoms with Crippen LogP contribution in [0.4, 0.5) is 0 Å². The van der Waals surface area contributed by atoms with E-state index >= 15 is 0 Å². The molecule has 6 aliphatic rings. The lowest BCUT2D eigenvalue weighted by atomic mass is 9.33. The Hall–Kier alpha value is -2.44. The summed E-state index contributed by atoms with van der Waals surface area (Å²) in [6.07, 6.45) is 15.8. The van der Waals surface area contributed by atoms with Crippen LogP contribution in [0.1, 0.15) is 125 Å². The maximum atomic E-state index is 12.5. The van der Waals surface area contributed by atoms with E-state index in [2.05, 4.69) is 88.4 Å². The Morgan fingerprint density at radius 2 is 1.65 bits per heavy atom. The maximum Gasteiger partial charge on any atom is 0.298 e. The molecule has 6 nitrogen and oxygen atoms in total. The maximum absolute atomic E-state index is 12.5. The summed E-state index contributed by atoms with van der Waals surface area (Å²) < 4.78 is 5.12. The van der Waals surface area contributed by atoms with Crippen molar-refractivity contribution in [3.63, 3.8) is 0 Å². The van der Waals surface area contributed by atoms with Crippen LogP contribution in [-0.2, 0) is 9.59 Å². The number of ether oxygens (including phenoxy) is 1. The summed E-state index contributed by atoms with van der Waals surface area (Å²) in [5.41, 5.74) is 5.34. The number of hydrogen-bond donors (Lipinski definition) is 1. The number of nitrogens with one attached hydrogen (secondary N) is 1. The third-order valence-corrected chi connectivity index (χ3v) is 17.1. The van der Waals surface area contributed by atoms with Gasteiger partial charge in [-0.15, -0.1) is 0 Å². The molecule has 7 rings (SSSR count). The zero-order valence-electron chi connectivity index (χ0n) is 33.7. The van der Waals surface area contributed by atoms with Crippen LogP contribution in [0.15, 0.2) is 42.5 Å². The molecule has 6 heteroatoms. The Morgan fingerprint density at radius 3 is 2.33 bits per heavy atom. The first-order chi connectivity index (χ1) is 24.7. The first-order valence-electron chi connectivity index (χ1n) is 21.1. The monoisotopic (exact) mass is 712 g/mol. The number of nitrogens with zero attached hydrogens (tertiary/aromatic N) is 2. The minimum Gasteiger partial charge on any atom is -0.429 e. The highest BCUT2D eigenvalue weighted by Gasteiger charge is 2.70. The van der Waals surface area contributed by atoms with E-state index in [4.69, 9.17) is 4.74 Å². The number of benzene rings is 1. The largest absolute Gasteiger partial charge is 0.429 e. The summed E-state index contributed by atoms with van der Waals surface area (Å²) in [5, 5.41) is 4.32. The summed E-state index contributed by atoms with van der Waals surface area (Å²) >= 11 is 0. The van der Waals surface area contributed by atoms with Gasteiger partial charge < -0.3 is 15.0 Å². The molecule has 1 N–H and O–H groups in total. The summed E-state index contributed by atoms with van der Waals surface area (Å²) in [7, 11) is 0. The van der Waals surface area contributed by atoms with E-state index in [0.717, 1.165) is 58.0 Å². The second kappa shape index (κ2) is 14.0. The van der Waals surface area contributed by atoms with Gasteiger partial charge in [-0.3, -0.25) is 14.5 Å². The summed E-state index contributed by atoms with van der Waals surface area (Å²) in [6, 6.07) is 8.17. The van der Waals surface area contributed by atoms with Gasteiger partial charge in [0.05, 0.1) is 0 Å². The molecule has 1 aromatic rings. The SMILES string of the molecule is C=C(C)[C@@H]1CC[C@]2(NCCN3CCN(C(=O)CCC)CC3)CC[C@]3(C)[C@H](CC[C@@H]4[C@@]5(C)CC=C(c6ccc(OC=O)cc6)C(C)(C)[C@@H]5CC[C@]43C)[C@@H]12. The lowest BCUT2D eigenvalue weighted by Gasteiger charge is -2.72. The average molecular weight is 712 g/mol. The molecule has 4 saturated carbocycles. The van der Waals surface area contributed by atoms with Gasteiger partial charge in [0.25, 0.3) is 6.47 Å². The van der Waals surface area contributed by atoms with Crippen molar-refractivity contribution < 1.29 is 14.3 Å². The number of hydrogen-bond acceptors (Lipinski definition) is 5. The molecule has 1 amide bonds. The molecule has 1 aromatic carbocycles. The molecule has 52 heavy (non-hydrogen) atoms. The highest BCUT2D eigenvalue weighted by molar-refractivity contribution is 5.76. The van der Waals surface area contributed by atoms with Crippen molar-refractivity contribution in [3.8, 4) is 5.75 Å². The zero-order chi connectivity index (χ0) is 37.1. The van der Waals surface area contributed by atoms with Crippen molar-refractivity contribution in [2.24, 2.45) is 51.2 Å². The van der Waals surface area contributed by atoms with E-state index in [0.29, 0.717) is 59.1 Å². The lowest BCUT2D eigenvalue weighted by molar-refractivity contribution is -0.219. The van der Waals surface area contributed by atoms with Crippen LogP contribution in [0.5, 0.6) is 5.75 Å². The van der Waals surface area contributed by atoms with E-state index in [1.807, 2.05) is 12.1 Å². The van der Waals surface area contributed by atoms with Gasteiger partial charge in [-0.25, -0.2) is 0 Å². The van der Waals surface area contributed by atoms with Crippen LogP contribution in [0.25, 0.3) is 5.57 Å². The fourth-order valence-corrected chi connectivity index (χ4v) is 14.4. The number of amides is 1. The fourth-order valence-electron chi connectivity index (χ4n) is 14.4. The Kier molecular flexibility index (Phi) is 10.2. The van der Waals surface area contributed by atoms with Gasteiger partial charge in [0.2, 0.25) is 5.91 Å². The summed E-state index contributed by atoms with van der Waals surface area (Å²) in [4.78, 5) is 28.0. The Morgan fingerprint density at radius 1 is 0.923 bits per heavy atom. The molecule has 9 atom stereocenters. The number of allylic oxidation sites excluding steroid dienone is 3. The number of rotatable bonds is 10. The normalized spacial score (nSPS) is 39.7. The second-order valence-corrected chi connectivity index (χ2v) is 19.5. The standard InChI is InChI=1S/C46H69N3O3/c1-9-10-40(51)49-29-27-48(28-30-49)26-25-47-46-22-17-35(32(2)3)41(46)37-15-16-39-43(6)20-18-36(33-11-13-34(14-12-33)52-31-50)42(4,5)38(43)19-21-45(39,8)44(37,7)23-24-46/h11-14,18,31,35,37-39,41,47H,2,9-10,15-17,19-30H2,1,3-8H3/t35-,37+,38-,39+,41+,43-,44+,45+,46-/m0/s1. The van der Waals surface area contributed by atoms with Crippen LogP contribution in [0.2, 0.25) is 0 Å². The van der Waals surface area contributed by atoms with Crippen molar-refractivity contribution in [1.82, 2.24) is 15.1 Å². The van der Waals surface area contributed by atoms with E-state index in [1.165, 1.54) is 68.1 Å². The molecule has 1 aliphatic heterocycles. The van der Waals surface area contributed by atoms with Crippen LogP contribution in [-0.4, -0.2) is 67.0 Å². The van der Waals surface area contributed by atoms with Gasteiger partial charge in [-0.05, 0) is 146 Å². The van der Waals surface area contributed by atoms with Crippen molar-refractivity contribution in [3.05, 3.63) is 48.1 Å². The van der Waals surface area contributed by atoms with Gasteiger partial charge in [-0.1, -0.05) is 71.9 Å². The van der Waals surface area contributed by atoms with E-state index < -0.39 is 0 Å². The second-order valence-electron chi connectivity index (χ2n) is 19.5. The molecule has 1 saturated heterocycles. The Balaban J connectivity index is 1.09. The van der Waals surface area contributed by atoms with E-state index in [1.54, 1.807) is 0 Å². The molecular weight excluding hydrogens is 643 g/mol. The van der Waals surface area contributed by atoms with Crippen LogP contribution >= 0.6 is 0 Å². The highest BCUT2D eigenvalue weighted by atomic mass is 16.5. The lowest BCUT2D eigenvalue weighted by Crippen LogP contribution is -2.68. The number of carbonyl (C=O) groups is 2. The van der Waals surface area contributed by atoms with Gasteiger partial charge in [0.1, 0.15) is 5.75 Å². The predicted molar refractivity (Wildman–Crippen MR) is 212 cm³/mol. The molecule has 5 aliphatic carbocycles. The molecule has 286 valence electrons. The first-order valence-corrected chi connectivity index (χ1v) is 21.1. The van der Waals surface area contributed by atoms with Crippen molar-refractivity contribution in [2.45, 2.75) is 125 Å². The van der Waals surface area contributed by atoms with E-state index in [9.17, 15) is 9.59 Å². The summed E-state index contributed by atoms with van der Waals surface area (Å²) in [5.74, 6) is 4.29. The quantitative estimate of drug-likeness (QED) is 0.194. The van der Waals surface area contributed by atoms with Crippen LogP contribution in [0.3, 0.4) is 0 Å². The molecule has 0 aromatic heterocycles. The van der Waals surface area contributed by atoms with Gasteiger partial charge in [-0.2, -0.15) is 0 Å². The average Bonchev–Trinajstić information content (AvgIpc) is 3.49. The van der Waals surface area contributed by atoms with Gasteiger partial charge in [0, 0.05) is 51.2 Å². The topological polar surface area (TPSA) is 61.9 Å². The van der Waals surface area contributed by atoms with Crippen LogP contribution < -0.4 is 10.1 Å². The molecule has 5 fully saturated rings. The predicted octanol–water partition coefficient (Wildman–Crippen LogP) is 9.16. The summed E-state index contributed by atoms with van der Waals surface area (Å²) in [6.45, 7) is 28.6. The number of piperazine rings is 1. The Bertz CT molecular complexity index is 1540. The molecule has 0 unspecified atom stereocenters. The van der Waals surface area contributed by atoms with Crippen LogP contribution in [0, 0.1) is 51.2 Å². The van der Waals surface area contributed by atoms with Gasteiger partial charge in [0.15, 0.2) is 0 Å². The first kappa shape index (κ1) is 37.9. The fraction of sp³-hybridized carbons (Fsp3) is 0.739. The smallest absolute Gasteiger partial charge is 0.298 e. The van der Waals surface area contributed by atoms with Crippen molar-refractivity contribution in [2.75, 3.05) is 39.3 Å². The Labute approximate surface area is 315 Å². The molecule has 0 radical (unpaired) electrons. The number of carbonyl (C=O) groups excluding carboxylic acids is 2. The third kappa shape index (κ3) is 5.96. The number of fused-ring (bicyclic) bond motifs is 7.